The van der Waals surface area contributed by atoms with E-state index in [1.807, 2.05) is 84.9 Å². The van der Waals surface area contributed by atoms with Gasteiger partial charge < -0.3 is 20.3 Å². The standard InChI is InChI=1S/C32H35N7O/c1-4-39(5-2)20-12-19-34-31-36-30(25-15-10-7-11-16-25)37-32(38-31)35-28-18-17-26(29(22-28)40-3)21-27(23-33)24-13-8-6-9-14-24/h6-11,13-18,21-22H,4-5,12,19-20H2,1-3H3,(H2,34,35,36,37,38)/b27-21-. The Morgan fingerprint density at radius 3 is 2.30 bits per heavy atom. The summed E-state index contributed by atoms with van der Waals surface area (Å²) in [5.74, 6) is 2.15. The lowest BCUT2D eigenvalue weighted by Crippen LogP contribution is -2.25. The van der Waals surface area contributed by atoms with Gasteiger partial charge in [0, 0.05) is 29.4 Å². The quantitative estimate of drug-likeness (QED) is 0.114. The lowest BCUT2D eigenvalue weighted by atomic mass is 10.0. The number of ether oxygens (including phenoxy) is 1. The van der Waals surface area contributed by atoms with Crippen molar-refractivity contribution in [3.05, 3.63) is 90.0 Å². The molecular formula is C32H35N7O. The first kappa shape index (κ1) is 28.3. The Hall–Kier alpha value is -4.74. The Bertz CT molecular complexity index is 1450. The van der Waals surface area contributed by atoms with Crippen LogP contribution >= 0.6 is 0 Å². The third kappa shape index (κ3) is 7.65. The van der Waals surface area contributed by atoms with E-state index in [9.17, 15) is 5.26 Å². The summed E-state index contributed by atoms with van der Waals surface area (Å²) >= 11 is 0. The highest BCUT2D eigenvalue weighted by Crippen LogP contribution is 2.29. The van der Waals surface area contributed by atoms with Crippen molar-refractivity contribution in [3.8, 4) is 23.2 Å². The molecule has 0 spiro atoms. The van der Waals surface area contributed by atoms with Crippen LogP contribution in [0, 0.1) is 11.3 Å². The van der Waals surface area contributed by atoms with Gasteiger partial charge in [0.15, 0.2) is 5.82 Å². The Morgan fingerprint density at radius 2 is 1.62 bits per heavy atom. The molecule has 0 bridgehead atoms. The molecule has 4 rings (SSSR count). The molecule has 0 aliphatic heterocycles. The van der Waals surface area contributed by atoms with E-state index < -0.39 is 0 Å². The van der Waals surface area contributed by atoms with Crippen LogP contribution < -0.4 is 15.4 Å². The van der Waals surface area contributed by atoms with Crippen LogP contribution in [-0.4, -0.2) is 53.1 Å². The van der Waals surface area contributed by atoms with E-state index in [1.165, 1.54) is 0 Å². The topological polar surface area (TPSA) is 99.0 Å². The van der Waals surface area contributed by atoms with Crippen molar-refractivity contribution >= 4 is 29.2 Å². The first-order valence-corrected chi connectivity index (χ1v) is 13.5. The molecule has 204 valence electrons. The average molecular weight is 534 g/mol. The van der Waals surface area contributed by atoms with Crippen LogP contribution in [0.15, 0.2) is 78.9 Å². The van der Waals surface area contributed by atoms with Gasteiger partial charge in [-0.1, -0.05) is 74.5 Å². The SMILES string of the molecule is CCN(CC)CCCNc1nc(Nc2ccc(/C=C(/C#N)c3ccccc3)c(OC)c2)nc(-c2ccccc2)n1. The maximum absolute atomic E-state index is 9.73. The number of hydrogen-bond acceptors (Lipinski definition) is 8. The number of aromatic nitrogens is 3. The Labute approximate surface area is 236 Å². The maximum atomic E-state index is 9.73. The van der Waals surface area contributed by atoms with Crippen molar-refractivity contribution < 1.29 is 4.74 Å². The monoisotopic (exact) mass is 533 g/mol. The van der Waals surface area contributed by atoms with Gasteiger partial charge in [0.1, 0.15) is 5.75 Å². The van der Waals surface area contributed by atoms with Crippen molar-refractivity contribution in [1.29, 1.82) is 5.26 Å². The molecule has 0 fully saturated rings. The van der Waals surface area contributed by atoms with Gasteiger partial charge in [0.05, 0.1) is 18.8 Å². The minimum Gasteiger partial charge on any atom is -0.496 e. The number of methoxy groups -OCH3 is 1. The van der Waals surface area contributed by atoms with Crippen LogP contribution in [0.5, 0.6) is 5.75 Å². The minimum absolute atomic E-state index is 0.424. The lowest BCUT2D eigenvalue weighted by Gasteiger charge is -2.17. The molecule has 0 saturated carbocycles. The van der Waals surface area contributed by atoms with Crippen LogP contribution in [0.25, 0.3) is 23.0 Å². The number of nitriles is 1. The van der Waals surface area contributed by atoms with Gasteiger partial charge in [0.25, 0.3) is 0 Å². The van der Waals surface area contributed by atoms with Crippen molar-refractivity contribution in [3.63, 3.8) is 0 Å². The second-order valence-electron chi connectivity index (χ2n) is 9.10. The normalized spacial score (nSPS) is 11.2. The fourth-order valence-corrected chi connectivity index (χ4v) is 4.26. The predicted octanol–water partition coefficient (Wildman–Crippen LogP) is 6.50. The lowest BCUT2D eigenvalue weighted by molar-refractivity contribution is 0.303. The summed E-state index contributed by atoms with van der Waals surface area (Å²) in [5, 5.41) is 16.4. The fraction of sp³-hybridized carbons (Fsp3) is 0.250. The van der Waals surface area contributed by atoms with Crippen LogP contribution in [0.1, 0.15) is 31.4 Å². The van der Waals surface area contributed by atoms with E-state index in [1.54, 1.807) is 7.11 Å². The van der Waals surface area contributed by atoms with E-state index in [4.69, 9.17) is 4.74 Å². The number of nitrogens with zero attached hydrogens (tertiary/aromatic N) is 5. The number of rotatable bonds is 13. The molecular weight excluding hydrogens is 498 g/mol. The fourth-order valence-electron chi connectivity index (χ4n) is 4.26. The molecule has 4 aromatic rings. The number of hydrogen-bond donors (Lipinski definition) is 2. The summed E-state index contributed by atoms with van der Waals surface area (Å²) in [6.07, 6.45) is 2.81. The van der Waals surface area contributed by atoms with Gasteiger partial charge in [-0.3, -0.25) is 0 Å². The first-order valence-electron chi connectivity index (χ1n) is 13.5. The Balaban J connectivity index is 1.58. The average Bonchev–Trinajstić information content (AvgIpc) is 3.01. The highest BCUT2D eigenvalue weighted by Gasteiger charge is 2.11. The number of allylic oxidation sites excluding steroid dienone is 1. The number of benzene rings is 3. The minimum atomic E-state index is 0.424. The van der Waals surface area contributed by atoms with Crippen molar-refractivity contribution in [2.24, 2.45) is 0 Å². The maximum Gasteiger partial charge on any atom is 0.232 e. The van der Waals surface area contributed by atoms with Crippen molar-refractivity contribution in [2.45, 2.75) is 20.3 Å². The van der Waals surface area contributed by atoms with E-state index in [2.05, 4.69) is 50.4 Å². The molecule has 0 radical (unpaired) electrons. The first-order chi connectivity index (χ1) is 19.6. The summed E-state index contributed by atoms with van der Waals surface area (Å²) in [4.78, 5) is 16.4. The smallest absolute Gasteiger partial charge is 0.232 e. The van der Waals surface area contributed by atoms with Crippen molar-refractivity contribution in [1.82, 2.24) is 19.9 Å². The zero-order valence-electron chi connectivity index (χ0n) is 23.3. The Kier molecular flexibility index (Phi) is 10.2. The van der Waals surface area contributed by atoms with E-state index in [0.717, 1.165) is 55.0 Å². The molecule has 8 nitrogen and oxygen atoms in total. The van der Waals surface area contributed by atoms with Crippen LogP contribution in [-0.2, 0) is 0 Å². The zero-order valence-corrected chi connectivity index (χ0v) is 23.3. The Morgan fingerprint density at radius 1 is 0.925 bits per heavy atom. The van der Waals surface area contributed by atoms with Crippen LogP contribution in [0.2, 0.25) is 0 Å². The molecule has 1 aromatic heterocycles. The third-order valence-corrected chi connectivity index (χ3v) is 6.49. The summed E-state index contributed by atoms with van der Waals surface area (Å²) in [7, 11) is 1.61. The van der Waals surface area contributed by atoms with E-state index >= 15 is 0 Å². The summed E-state index contributed by atoms with van der Waals surface area (Å²) < 4.78 is 5.66. The van der Waals surface area contributed by atoms with Crippen molar-refractivity contribution in [2.75, 3.05) is 43.9 Å². The predicted molar refractivity (Wildman–Crippen MR) is 162 cm³/mol. The van der Waals surface area contributed by atoms with E-state index in [-0.39, 0.29) is 0 Å². The molecule has 0 atom stereocenters. The molecule has 40 heavy (non-hydrogen) atoms. The second kappa shape index (κ2) is 14.4. The van der Waals surface area contributed by atoms with Crippen LogP contribution in [0.4, 0.5) is 17.6 Å². The molecule has 0 unspecified atom stereocenters. The van der Waals surface area contributed by atoms with Crippen LogP contribution in [0.3, 0.4) is 0 Å². The summed E-state index contributed by atoms with van der Waals surface area (Å²) in [6, 6.07) is 27.4. The molecule has 2 N–H and O–H groups in total. The molecule has 0 amide bonds. The van der Waals surface area contributed by atoms with E-state index in [0.29, 0.717) is 29.0 Å². The molecule has 1 heterocycles. The van der Waals surface area contributed by atoms with Gasteiger partial charge in [-0.15, -0.1) is 0 Å². The molecule has 3 aromatic carbocycles. The highest BCUT2D eigenvalue weighted by atomic mass is 16.5. The van der Waals surface area contributed by atoms with Gasteiger partial charge in [0.2, 0.25) is 11.9 Å². The number of nitrogens with one attached hydrogen (secondary N) is 2. The zero-order chi connectivity index (χ0) is 28.2. The molecule has 0 saturated heterocycles. The molecule has 0 aliphatic rings. The third-order valence-electron chi connectivity index (χ3n) is 6.49. The summed E-state index contributed by atoms with van der Waals surface area (Å²) in [5.41, 5.74) is 3.86. The molecule has 8 heteroatoms. The second-order valence-corrected chi connectivity index (χ2v) is 9.10. The van der Waals surface area contributed by atoms with Gasteiger partial charge >= 0.3 is 0 Å². The molecule has 0 aliphatic carbocycles. The number of anilines is 3. The van der Waals surface area contributed by atoms with Gasteiger partial charge in [-0.2, -0.15) is 20.2 Å². The highest BCUT2D eigenvalue weighted by molar-refractivity contribution is 5.91. The van der Waals surface area contributed by atoms with Gasteiger partial charge in [-0.25, -0.2) is 0 Å². The van der Waals surface area contributed by atoms with Gasteiger partial charge in [-0.05, 0) is 49.8 Å². The summed E-state index contributed by atoms with van der Waals surface area (Å²) in [6.45, 7) is 8.20. The largest absolute Gasteiger partial charge is 0.496 e.